The van der Waals surface area contributed by atoms with Crippen molar-refractivity contribution in [2.75, 3.05) is 6.61 Å². The normalized spacial score (nSPS) is 32.1. The Bertz CT molecular complexity index is 498. The molecule has 1 N–H and O–H groups in total. The topological polar surface area (TPSA) is 71.2 Å². The zero-order valence-corrected chi connectivity index (χ0v) is 11.5. The number of aliphatic imine (C=N–C) groups is 2. The third kappa shape index (κ3) is 2.18. The Hall–Kier alpha value is -1.30. The van der Waals surface area contributed by atoms with Gasteiger partial charge in [0.15, 0.2) is 5.90 Å². The molecule has 0 aromatic heterocycles. The fraction of sp³-hybridized carbons (Fsp3) is 0.615. The average molecular weight is 280 g/mol. The van der Waals surface area contributed by atoms with Gasteiger partial charge in [0.2, 0.25) is 0 Å². The molecule has 2 unspecified atom stereocenters. The van der Waals surface area contributed by atoms with Gasteiger partial charge in [-0.1, -0.05) is 0 Å². The number of carbonyl (C=O) groups is 1. The van der Waals surface area contributed by atoms with Gasteiger partial charge in [0.25, 0.3) is 0 Å². The molecule has 0 aromatic carbocycles. The average Bonchev–Trinajstić information content (AvgIpc) is 2.90. The van der Waals surface area contributed by atoms with Gasteiger partial charge in [0.05, 0.1) is 18.9 Å². The van der Waals surface area contributed by atoms with Gasteiger partial charge in [0, 0.05) is 0 Å². The van der Waals surface area contributed by atoms with Crippen LogP contribution in [0.5, 0.6) is 0 Å². The number of aliphatic hydroxyl groups excluding tert-OH is 1. The predicted molar refractivity (Wildman–Crippen MR) is 74.4 cm³/mol. The zero-order chi connectivity index (χ0) is 13.4. The van der Waals surface area contributed by atoms with E-state index in [2.05, 4.69) is 9.98 Å². The summed E-state index contributed by atoms with van der Waals surface area (Å²) in [6, 6.07) is 0. The molecular weight excluding hydrogens is 264 g/mol. The van der Waals surface area contributed by atoms with Crippen LogP contribution in [0.2, 0.25) is 0 Å². The lowest BCUT2D eigenvalue weighted by Gasteiger charge is -2.23. The number of carbonyl (C=O) groups excluding carboxylic acids is 1. The lowest BCUT2D eigenvalue weighted by molar-refractivity contribution is -0.143. The van der Waals surface area contributed by atoms with Gasteiger partial charge >= 0.3 is 5.97 Å². The number of rotatable bonds is 3. The Balaban J connectivity index is 1.78. The van der Waals surface area contributed by atoms with Crippen molar-refractivity contribution >= 4 is 30.0 Å². The van der Waals surface area contributed by atoms with E-state index in [0.29, 0.717) is 13.0 Å². The molecule has 6 heteroatoms. The Morgan fingerprint density at radius 3 is 3.26 bits per heavy atom. The molecule has 0 saturated carbocycles. The first-order valence-electron chi connectivity index (χ1n) is 6.54. The second kappa shape index (κ2) is 5.00. The standard InChI is InChI=1S/C13H16N2O3S/c1-2-18-9(16)5-7-3-4-8-10(7)11-12(17)14-6-15-13(11)19-8/h6-7,11,13H,2-5H2,1H3,(H,14,15,17)/t7-,11?,13?/m1/s1. The second-order valence-corrected chi connectivity index (χ2v) is 6.07. The molecule has 2 heterocycles. The van der Waals surface area contributed by atoms with E-state index in [0.717, 1.165) is 12.8 Å². The maximum atomic E-state index is 11.7. The van der Waals surface area contributed by atoms with E-state index in [9.17, 15) is 9.90 Å². The minimum Gasteiger partial charge on any atom is -0.496 e. The number of ether oxygens (including phenoxy) is 1. The second-order valence-electron chi connectivity index (χ2n) is 4.86. The summed E-state index contributed by atoms with van der Waals surface area (Å²) >= 11 is 1.70. The Morgan fingerprint density at radius 2 is 2.47 bits per heavy atom. The summed E-state index contributed by atoms with van der Waals surface area (Å²) in [4.78, 5) is 21.1. The number of fused-ring (bicyclic) bond motifs is 2. The van der Waals surface area contributed by atoms with Crippen LogP contribution in [0.4, 0.5) is 0 Å². The maximum absolute atomic E-state index is 11.7. The number of hydrogen-bond donors (Lipinski definition) is 1. The lowest BCUT2D eigenvalue weighted by atomic mass is 9.87. The summed E-state index contributed by atoms with van der Waals surface area (Å²) in [6.07, 6.45) is 3.75. The Morgan fingerprint density at radius 1 is 1.63 bits per heavy atom. The van der Waals surface area contributed by atoms with Crippen LogP contribution in [0.25, 0.3) is 0 Å². The van der Waals surface area contributed by atoms with Crippen LogP contribution in [0.1, 0.15) is 26.2 Å². The van der Waals surface area contributed by atoms with Crippen molar-refractivity contribution < 1.29 is 14.6 Å². The Labute approximate surface area is 115 Å². The number of nitrogens with zero attached hydrogens (tertiary/aromatic N) is 2. The first-order valence-corrected chi connectivity index (χ1v) is 7.42. The molecule has 0 amide bonds. The smallest absolute Gasteiger partial charge is 0.306 e. The summed E-state index contributed by atoms with van der Waals surface area (Å²) in [5, 5.41) is 9.98. The number of aliphatic hydroxyl groups is 1. The van der Waals surface area contributed by atoms with E-state index in [1.54, 1.807) is 11.8 Å². The first kappa shape index (κ1) is 12.7. The van der Waals surface area contributed by atoms with Crippen molar-refractivity contribution in [2.24, 2.45) is 21.8 Å². The molecule has 0 spiro atoms. The van der Waals surface area contributed by atoms with Crippen LogP contribution < -0.4 is 0 Å². The number of thioether (sulfide) groups is 1. The summed E-state index contributed by atoms with van der Waals surface area (Å²) < 4.78 is 5.02. The molecule has 0 saturated heterocycles. The van der Waals surface area contributed by atoms with E-state index in [-0.39, 0.29) is 29.1 Å². The SMILES string of the molecule is CCOC(=O)C[C@H]1CCC2=C1C1C(O)=NC=NC1S2. The predicted octanol–water partition coefficient (Wildman–Crippen LogP) is 2.29. The van der Waals surface area contributed by atoms with Crippen molar-refractivity contribution in [1.82, 2.24) is 0 Å². The highest BCUT2D eigenvalue weighted by Crippen LogP contribution is 2.54. The van der Waals surface area contributed by atoms with E-state index < -0.39 is 0 Å². The summed E-state index contributed by atoms with van der Waals surface area (Å²) in [5.41, 5.74) is 1.17. The number of hydrogen-bond acceptors (Lipinski definition) is 5. The molecule has 2 aliphatic heterocycles. The molecule has 0 bridgehead atoms. The molecule has 3 aliphatic rings. The molecule has 0 fully saturated rings. The minimum atomic E-state index is -0.162. The molecule has 5 nitrogen and oxygen atoms in total. The molecular formula is C13H16N2O3S. The third-order valence-electron chi connectivity index (χ3n) is 3.77. The first-order chi connectivity index (χ1) is 9.20. The minimum absolute atomic E-state index is 0.00694. The molecule has 3 atom stereocenters. The molecule has 3 rings (SSSR count). The van der Waals surface area contributed by atoms with Gasteiger partial charge < -0.3 is 9.84 Å². The van der Waals surface area contributed by atoms with Gasteiger partial charge in [-0.2, -0.15) is 0 Å². The summed E-state index contributed by atoms with van der Waals surface area (Å²) in [6.45, 7) is 2.22. The zero-order valence-electron chi connectivity index (χ0n) is 10.7. The fourth-order valence-electron chi connectivity index (χ4n) is 3.01. The third-order valence-corrected chi connectivity index (χ3v) is 5.12. The van der Waals surface area contributed by atoms with Gasteiger partial charge in [-0.25, -0.2) is 4.99 Å². The van der Waals surface area contributed by atoms with Crippen LogP contribution in [-0.4, -0.2) is 35.3 Å². The molecule has 0 aromatic rings. The largest absolute Gasteiger partial charge is 0.496 e. The van der Waals surface area contributed by atoms with Gasteiger partial charge in [-0.05, 0) is 36.2 Å². The van der Waals surface area contributed by atoms with E-state index in [1.165, 1.54) is 16.8 Å². The highest BCUT2D eigenvalue weighted by Gasteiger charge is 2.46. The number of esters is 1. The lowest BCUT2D eigenvalue weighted by Crippen LogP contribution is -2.29. The maximum Gasteiger partial charge on any atom is 0.306 e. The molecule has 0 radical (unpaired) electrons. The quantitative estimate of drug-likeness (QED) is 0.805. The monoisotopic (exact) mass is 280 g/mol. The van der Waals surface area contributed by atoms with Gasteiger partial charge in [-0.3, -0.25) is 9.79 Å². The van der Waals surface area contributed by atoms with E-state index >= 15 is 0 Å². The van der Waals surface area contributed by atoms with Crippen LogP contribution >= 0.6 is 11.8 Å². The summed E-state index contributed by atoms with van der Waals surface area (Å²) in [7, 11) is 0. The van der Waals surface area contributed by atoms with Crippen LogP contribution in [-0.2, 0) is 9.53 Å². The van der Waals surface area contributed by atoms with E-state index in [4.69, 9.17) is 4.74 Å². The Kier molecular flexibility index (Phi) is 3.35. The molecule has 19 heavy (non-hydrogen) atoms. The van der Waals surface area contributed by atoms with Gasteiger partial charge in [-0.15, -0.1) is 11.8 Å². The van der Waals surface area contributed by atoms with Crippen LogP contribution in [0.3, 0.4) is 0 Å². The highest BCUT2D eigenvalue weighted by molar-refractivity contribution is 8.04. The van der Waals surface area contributed by atoms with Crippen LogP contribution in [0, 0.1) is 11.8 Å². The van der Waals surface area contributed by atoms with Gasteiger partial charge in [0.1, 0.15) is 11.7 Å². The van der Waals surface area contributed by atoms with Crippen molar-refractivity contribution in [1.29, 1.82) is 0 Å². The molecule has 102 valence electrons. The van der Waals surface area contributed by atoms with Crippen molar-refractivity contribution in [3.05, 3.63) is 10.5 Å². The van der Waals surface area contributed by atoms with E-state index in [1.807, 2.05) is 6.92 Å². The van der Waals surface area contributed by atoms with Crippen molar-refractivity contribution in [3.8, 4) is 0 Å². The van der Waals surface area contributed by atoms with Crippen molar-refractivity contribution in [3.63, 3.8) is 0 Å². The van der Waals surface area contributed by atoms with Crippen LogP contribution in [0.15, 0.2) is 20.5 Å². The number of allylic oxidation sites excluding steroid dienone is 1. The highest BCUT2D eigenvalue weighted by atomic mass is 32.2. The summed E-state index contributed by atoms with van der Waals surface area (Å²) in [5.74, 6) is 0.00725. The molecule has 1 aliphatic carbocycles. The fourth-order valence-corrected chi connectivity index (χ4v) is 4.49. The van der Waals surface area contributed by atoms with Crippen molar-refractivity contribution in [2.45, 2.75) is 31.6 Å².